The molecule has 0 radical (unpaired) electrons. The molecule has 0 aliphatic rings. The van der Waals surface area contributed by atoms with Gasteiger partial charge in [0.25, 0.3) is 0 Å². The molecule has 4 nitrogen and oxygen atoms in total. The maximum Gasteiger partial charge on any atom is 0.222 e. The highest BCUT2D eigenvalue weighted by Gasteiger charge is 2.11. The lowest BCUT2D eigenvalue weighted by molar-refractivity contribution is -0.129. The number of hydrogen-bond acceptors (Lipinski definition) is 3. The van der Waals surface area contributed by atoms with Crippen molar-refractivity contribution in [2.24, 2.45) is 0 Å². The summed E-state index contributed by atoms with van der Waals surface area (Å²) in [5.74, 6) is 0.331. The molecule has 0 saturated carbocycles. The predicted molar refractivity (Wildman–Crippen MR) is 132 cm³/mol. The largest absolute Gasteiger partial charge is 0.507 e. The molecule has 1 rings (SSSR count). The van der Waals surface area contributed by atoms with Crippen molar-refractivity contribution in [2.75, 3.05) is 20.7 Å². The fraction of sp³-hybridized carbons (Fsp3) is 0.654. The van der Waals surface area contributed by atoms with Crippen molar-refractivity contribution in [3.63, 3.8) is 0 Å². The number of phenolic OH excluding ortho intramolecular Hbond substituents is 1. The van der Waals surface area contributed by atoms with Crippen LogP contribution in [0.15, 0.2) is 23.2 Å². The molecule has 0 spiro atoms. The summed E-state index contributed by atoms with van der Waals surface area (Å²) in [6, 6.07) is 5.53. The molecule has 1 aromatic rings. The molecule has 31 heavy (non-hydrogen) atoms. The second kappa shape index (κ2) is 16.2. The summed E-state index contributed by atoms with van der Waals surface area (Å²) >= 11 is 6.32. The first-order valence-corrected chi connectivity index (χ1v) is 12.2. The molecule has 0 aliphatic heterocycles. The number of benzene rings is 1. The van der Waals surface area contributed by atoms with Crippen molar-refractivity contribution >= 4 is 23.6 Å². The van der Waals surface area contributed by atoms with Gasteiger partial charge in [0.15, 0.2) is 0 Å². The van der Waals surface area contributed by atoms with Crippen LogP contribution >= 0.6 is 11.6 Å². The van der Waals surface area contributed by atoms with Crippen LogP contribution in [0.2, 0.25) is 0 Å². The molecular formula is C26H42ClNO3. The molecule has 0 aliphatic carbocycles. The molecule has 5 heteroatoms. The van der Waals surface area contributed by atoms with E-state index in [1.165, 1.54) is 25.7 Å². The minimum absolute atomic E-state index is 0.103. The Balaban J connectivity index is 2.24. The number of carbonyl (C=O) groups is 1. The van der Waals surface area contributed by atoms with Crippen molar-refractivity contribution in [1.82, 2.24) is 4.90 Å². The second-order valence-corrected chi connectivity index (χ2v) is 9.00. The van der Waals surface area contributed by atoms with Crippen LogP contribution in [0.4, 0.5) is 0 Å². The Labute approximate surface area is 194 Å². The number of unbranched alkanes of at least 4 members (excludes halogenated alkanes) is 6. The fourth-order valence-electron chi connectivity index (χ4n) is 3.70. The summed E-state index contributed by atoms with van der Waals surface area (Å²) in [7, 11) is 3.59. The SMILES string of the molecule is CCCCCCC(CCCCCCC(=O)N(C)CC(Cl)=Cc1cccc(C)c1O)OC. The van der Waals surface area contributed by atoms with Gasteiger partial charge in [-0.05, 0) is 37.8 Å². The Bertz CT molecular complexity index is 675. The van der Waals surface area contributed by atoms with Crippen molar-refractivity contribution in [1.29, 1.82) is 0 Å². The Morgan fingerprint density at radius 1 is 1.13 bits per heavy atom. The van der Waals surface area contributed by atoms with E-state index >= 15 is 0 Å². The first-order valence-electron chi connectivity index (χ1n) is 11.8. The molecule has 1 N–H and O–H groups in total. The predicted octanol–water partition coefficient (Wildman–Crippen LogP) is 7.06. The summed E-state index contributed by atoms with van der Waals surface area (Å²) in [6.07, 6.45) is 14.3. The number of hydrogen-bond donors (Lipinski definition) is 1. The van der Waals surface area contributed by atoms with Gasteiger partial charge in [0.1, 0.15) is 5.75 Å². The van der Waals surface area contributed by atoms with E-state index < -0.39 is 0 Å². The summed E-state index contributed by atoms with van der Waals surface area (Å²) in [4.78, 5) is 14.0. The average Bonchev–Trinajstić information content (AvgIpc) is 2.75. The molecule has 176 valence electrons. The first-order chi connectivity index (χ1) is 14.9. The minimum Gasteiger partial charge on any atom is -0.507 e. The van der Waals surface area contributed by atoms with Crippen LogP contribution in [0.25, 0.3) is 6.08 Å². The maximum atomic E-state index is 12.4. The number of rotatable bonds is 16. The zero-order valence-electron chi connectivity index (χ0n) is 20.0. The molecule has 1 unspecified atom stereocenters. The van der Waals surface area contributed by atoms with Crippen LogP contribution in [0, 0.1) is 6.92 Å². The number of aromatic hydroxyl groups is 1. The van der Waals surface area contributed by atoms with Gasteiger partial charge < -0.3 is 14.7 Å². The van der Waals surface area contributed by atoms with Crippen molar-refractivity contribution in [3.8, 4) is 5.75 Å². The second-order valence-electron chi connectivity index (χ2n) is 8.51. The number of phenols is 1. The van der Waals surface area contributed by atoms with Crippen LogP contribution in [0.1, 0.15) is 88.7 Å². The summed E-state index contributed by atoms with van der Waals surface area (Å²) in [5.41, 5.74) is 1.47. The number of nitrogens with zero attached hydrogens (tertiary/aromatic N) is 1. The topological polar surface area (TPSA) is 49.8 Å². The van der Waals surface area contributed by atoms with E-state index in [-0.39, 0.29) is 11.7 Å². The number of amides is 1. The molecule has 0 saturated heterocycles. The monoisotopic (exact) mass is 451 g/mol. The lowest BCUT2D eigenvalue weighted by Crippen LogP contribution is -2.27. The number of ether oxygens (including phenoxy) is 1. The van der Waals surface area contributed by atoms with E-state index in [1.807, 2.05) is 32.2 Å². The van der Waals surface area contributed by atoms with Gasteiger partial charge in [0, 0.05) is 31.2 Å². The summed E-state index contributed by atoms with van der Waals surface area (Å²) < 4.78 is 5.61. The third-order valence-corrected chi connectivity index (χ3v) is 6.00. The van der Waals surface area contributed by atoms with Gasteiger partial charge in [-0.3, -0.25) is 4.79 Å². The highest BCUT2D eigenvalue weighted by atomic mass is 35.5. The van der Waals surface area contributed by atoms with Crippen molar-refractivity contribution in [2.45, 2.75) is 90.6 Å². The fourth-order valence-corrected chi connectivity index (χ4v) is 4.00. The highest BCUT2D eigenvalue weighted by molar-refractivity contribution is 6.32. The highest BCUT2D eigenvalue weighted by Crippen LogP contribution is 2.25. The Kier molecular flexibility index (Phi) is 14.3. The molecule has 0 aromatic heterocycles. The van der Waals surface area contributed by atoms with E-state index in [0.717, 1.165) is 44.1 Å². The zero-order chi connectivity index (χ0) is 23.1. The molecule has 1 aromatic carbocycles. The molecule has 0 heterocycles. The minimum atomic E-state index is 0.103. The van der Waals surface area contributed by atoms with E-state index in [4.69, 9.17) is 16.3 Å². The van der Waals surface area contributed by atoms with Crippen LogP contribution in [0.5, 0.6) is 5.75 Å². The van der Waals surface area contributed by atoms with Crippen LogP contribution in [0.3, 0.4) is 0 Å². The van der Waals surface area contributed by atoms with Gasteiger partial charge in [-0.25, -0.2) is 0 Å². The number of methoxy groups -OCH3 is 1. The van der Waals surface area contributed by atoms with Crippen LogP contribution in [-0.4, -0.2) is 42.7 Å². The van der Waals surface area contributed by atoms with E-state index in [1.54, 1.807) is 18.0 Å². The smallest absolute Gasteiger partial charge is 0.222 e. The number of halogens is 1. The van der Waals surface area contributed by atoms with Gasteiger partial charge in [-0.1, -0.05) is 81.7 Å². The average molecular weight is 452 g/mol. The zero-order valence-corrected chi connectivity index (χ0v) is 20.7. The quantitative estimate of drug-likeness (QED) is 0.273. The Morgan fingerprint density at radius 3 is 2.42 bits per heavy atom. The number of likely N-dealkylation sites (N-methyl/N-ethyl adjacent to an activating group) is 1. The summed E-state index contributed by atoms with van der Waals surface area (Å²) in [5, 5.41) is 10.6. The van der Waals surface area contributed by atoms with Gasteiger partial charge in [-0.2, -0.15) is 0 Å². The Morgan fingerprint density at radius 2 is 1.77 bits per heavy atom. The Hall–Kier alpha value is -1.52. The van der Waals surface area contributed by atoms with Crippen LogP contribution in [-0.2, 0) is 9.53 Å². The normalized spacial score (nSPS) is 12.7. The first kappa shape index (κ1) is 27.5. The van der Waals surface area contributed by atoms with E-state index in [0.29, 0.717) is 29.7 Å². The third-order valence-electron chi connectivity index (χ3n) is 5.77. The van der Waals surface area contributed by atoms with E-state index in [2.05, 4.69) is 6.92 Å². The van der Waals surface area contributed by atoms with Gasteiger partial charge >= 0.3 is 0 Å². The van der Waals surface area contributed by atoms with Crippen LogP contribution < -0.4 is 0 Å². The molecular weight excluding hydrogens is 410 g/mol. The van der Waals surface area contributed by atoms with Crippen molar-refractivity contribution < 1.29 is 14.6 Å². The number of para-hydroxylation sites is 1. The molecule has 0 bridgehead atoms. The standard InChI is InChI=1S/C26H42ClNO3/c1-5-6-7-10-16-24(31-4)17-11-8-9-12-18-25(29)28(3)20-23(27)19-22-15-13-14-21(2)26(22)30/h13-15,19,24,30H,5-12,16-18,20H2,1-4H3. The van der Waals surface area contributed by atoms with Gasteiger partial charge in [-0.15, -0.1) is 0 Å². The number of carbonyl (C=O) groups excluding carboxylic acids is 1. The molecule has 1 atom stereocenters. The lowest BCUT2D eigenvalue weighted by atomic mass is 10.0. The lowest BCUT2D eigenvalue weighted by Gasteiger charge is -2.17. The van der Waals surface area contributed by atoms with Gasteiger partial charge in [0.2, 0.25) is 5.91 Å². The maximum absolute atomic E-state index is 12.4. The van der Waals surface area contributed by atoms with E-state index in [9.17, 15) is 9.90 Å². The number of aryl methyl sites for hydroxylation is 1. The third kappa shape index (κ3) is 11.6. The molecule has 1 amide bonds. The van der Waals surface area contributed by atoms with Gasteiger partial charge in [0.05, 0.1) is 12.6 Å². The van der Waals surface area contributed by atoms with Crippen molar-refractivity contribution in [3.05, 3.63) is 34.4 Å². The molecule has 0 fully saturated rings. The summed E-state index contributed by atoms with van der Waals surface area (Å²) in [6.45, 7) is 4.43.